The van der Waals surface area contributed by atoms with E-state index < -0.39 is 0 Å². The number of hydrogen-bond acceptors (Lipinski definition) is 4. The van der Waals surface area contributed by atoms with Crippen molar-refractivity contribution < 1.29 is 18.9 Å². The first-order chi connectivity index (χ1) is 12.7. The smallest absolute Gasteiger partial charge is 0.138 e. The van der Waals surface area contributed by atoms with Gasteiger partial charge in [-0.15, -0.1) is 0 Å². The molecular weight excluding hydrogens is 328 g/mol. The Hall–Kier alpha value is -3.50. The lowest BCUT2D eigenvalue weighted by Gasteiger charge is -2.07. The normalized spacial score (nSPS) is 9.54. The third-order valence-corrected chi connectivity index (χ3v) is 3.50. The predicted octanol–water partition coefficient (Wildman–Crippen LogP) is 3.68. The summed E-state index contributed by atoms with van der Waals surface area (Å²) in [5, 5.41) is 0. The quantitative estimate of drug-likeness (QED) is 0.790. The average molecular weight is 348 g/mol. The number of methoxy groups -OCH3 is 4. The monoisotopic (exact) mass is 348 g/mol. The van der Waals surface area contributed by atoms with Gasteiger partial charge in [-0.3, -0.25) is 0 Å². The van der Waals surface area contributed by atoms with E-state index >= 15 is 0 Å². The highest BCUT2D eigenvalue weighted by Crippen LogP contribution is 2.27. The molecule has 2 aromatic rings. The number of rotatable bonds is 4. The molecule has 0 saturated carbocycles. The Morgan fingerprint density at radius 1 is 0.577 bits per heavy atom. The summed E-state index contributed by atoms with van der Waals surface area (Å²) in [6.07, 6.45) is 3.33. The van der Waals surface area contributed by atoms with Crippen molar-refractivity contribution in [2.24, 2.45) is 0 Å². The fraction of sp³-hybridized carbons (Fsp3) is 0.182. The number of ether oxygens (including phenoxy) is 4. The first-order valence-electron chi connectivity index (χ1n) is 7.85. The van der Waals surface area contributed by atoms with Gasteiger partial charge in [0.25, 0.3) is 0 Å². The van der Waals surface area contributed by atoms with Crippen molar-refractivity contribution in [3.63, 3.8) is 0 Å². The van der Waals surface area contributed by atoms with Gasteiger partial charge in [-0.05, 0) is 36.4 Å². The lowest BCUT2D eigenvalue weighted by atomic mass is 10.1. The van der Waals surface area contributed by atoms with Gasteiger partial charge in [-0.1, -0.05) is 35.8 Å². The Labute approximate surface area is 154 Å². The molecule has 0 spiro atoms. The van der Waals surface area contributed by atoms with Crippen molar-refractivity contribution in [3.8, 4) is 46.7 Å². The van der Waals surface area contributed by atoms with Gasteiger partial charge in [0.05, 0.1) is 28.4 Å². The van der Waals surface area contributed by atoms with Gasteiger partial charge in [0.2, 0.25) is 0 Å². The summed E-state index contributed by atoms with van der Waals surface area (Å²) >= 11 is 0. The van der Waals surface area contributed by atoms with Crippen molar-refractivity contribution >= 4 is 0 Å². The van der Waals surface area contributed by atoms with Crippen LogP contribution >= 0.6 is 0 Å². The molecule has 2 rings (SSSR count). The highest BCUT2D eigenvalue weighted by Gasteiger charge is 2.06. The second-order valence-electron chi connectivity index (χ2n) is 4.95. The van der Waals surface area contributed by atoms with E-state index in [-0.39, 0.29) is 0 Å². The van der Waals surface area contributed by atoms with E-state index in [1.807, 2.05) is 36.4 Å². The molecule has 26 heavy (non-hydrogen) atoms. The highest BCUT2D eigenvalue weighted by molar-refractivity contribution is 5.57. The molecule has 0 aliphatic heterocycles. The maximum absolute atomic E-state index is 5.31. The van der Waals surface area contributed by atoms with E-state index in [2.05, 4.69) is 23.7 Å². The van der Waals surface area contributed by atoms with E-state index in [1.54, 1.807) is 40.6 Å². The zero-order valence-corrected chi connectivity index (χ0v) is 15.3. The molecular formula is C22H20O4. The standard InChI is InChI=1S/C22H20O4/c1-23-19-13-9-14-20(24-2)17(19)11-7-5-6-8-12-18-21(25-3)15-10-16-22(18)26-4/h5-6,9-10,13-16H,1-4H3/b6-5-. The fourth-order valence-electron chi connectivity index (χ4n) is 2.26. The average Bonchev–Trinajstić information content (AvgIpc) is 2.70. The van der Waals surface area contributed by atoms with Crippen molar-refractivity contribution in [3.05, 3.63) is 59.7 Å². The summed E-state index contributed by atoms with van der Waals surface area (Å²) in [6, 6.07) is 11.1. The Morgan fingerprint density at radius 3 is 1.15 bits per heavy atom. The third kappa shape index (κ3) is 4.53. The summed E-state index contributed by atoms with van der Waals surface area (Å²) in [5.41, 5.74) is 1.39. The van der Waals surface area contributed by atoms with E-state index in [4.69, 9.17) is 18.9 Å². The molecule has 0 bridgehead atoms. The lowest BCUT2D eigenvalue weighted by Crippen LogP contribution is -1.92. The van der Waals surface area contributed by atoms with Crippen molar-refractivity contribution in [1.82, 2.24) is 0 Å². The van der Waals surface area contributed by atoms with Crippen LogP contribution < -0.4 is 18.9 Å². The van der Waals surface area contributed by atoms with Crippen LogP contribution in [0.2, 0.25) is 0 Å². The van der Waals surface area contributed by atoms with E-state index in [0.29, 0.717) is 34.1 Å². The summed E-state index contributed by atoms with van der Waals surface area (Å²) in [7, 11) is 6.40. The summed E-state index contributed by atoms with van der Waals surface area (Å²) in [4.78, 5) is 0. The molecule has 0 fully saturated rings. The molecule has 4 heteroatoms. The Balaban J connectivity index is 2.22. The Bertz CT molecular complexity index is 785. The van der Waals surface area contributed by atoms with E-state index in [0.717, 1.165) is 0 Å². The molecule has 0 heterocycles. The second kappa shape index (κ2) is 9.71. The van der Waals surface area contributed by atoms with Gasteiger partial charge in [0.15, 0.2) is 0 Å². The molecule has 4 nitrogen and oxygen atoms in total. The summed E-state index contributed by atoms with van der Waals surface area (Å²) < 4.78 is 21.3. The van der Waals surface area contributed by atoms with Gasteiger partial charge >= 0.3 is 0 Å². The van der Waals surface area contributed by atoms with Crippen LogP contribution in [0, 0.1) is 23.7 Å². The van der Waals surface area contributed by atoms with Crippen LogP contribution in [0.1, 0.15) is 11.1 Å². The minimum Gasteiger partial charge on any atom is -0.495 e. The second-order valence-corrected chi connectivity index (χ2v) is 4.95. The molecule has 0 unspecified atom stereocenters. The molecule has 0 saturated heterocycles. The number of hydrogen-bond donors (Lipinski definition) is 0. The molecule has 0 N–H and O–H groups in total. The molecule has 0 radical (unpaired) electrons. The van der Waals surface area contributed by atoms with Gasteiger partial charge in [0.1, 0.15) is 34.1 Å². The van der Waals surface area contributed by atoms with E-state index in [1.165, 1.54) is 0 Å². The predicted molar refractivity (Wildman–Crippen MR) is 102 cm³/mol. The Morgan fingerprint density at radius 2 is 0.885 bits per heavy atom. The zero-order valence-electron chi connectivity index (χ0n) is 15.3. The topological polar surface area (TPSA) is 36.9 Å². The van der Waals surface area contributed by atoms with E-state index in [9.17, 15) is 0 Å². The number of allylic oxidation sites excluding steroid dienone is 2. The summed E-state index contributed by atoms with van der Waals surface area (Å²) in [6.45, 7) is 0. The largest absolute Gasteiger partial charge is 0.495 e. The molecule has 0 aromatic heterocycles. The lowest BCUT2D eigenvalue weighted by molar-refractivity contribution is 0.392. The van der Waals surface area contributed by atoms with Crippen molar-refractivity contribution in [1.29, 1.82) is 0 Å². The molecule has 2 aromatic carbocycles. The van der Waals surface area contributed by atoms with Gasteiger partial charge in [-0.25, -0.2) is 0 Å². The van der Waals surface area contributed by atoms with Crippen molar-refractivity contribution in [2.45, 2.75) is 0 Å². The first-order valence-corrected chi connectivity index (χ1v) is 7.85. The zero-order chi connectivity index (χ0) is 18.8. The molecule has 0 aliphatic rings. The molecule has 132 valence electrons. The van der Waals surface area contributed by atoms with Crippen LogP contribution in [-0.4, -0.2) is 28.4 Å². The number of benzene rings is 2. The van der Waals surface area contributed by atoms with Gasteiger partial charge in [-0.2, -0.15) is 0 Å². The molecule has 0 aliphatic carbocycles. The summed E-state index contributed by atoms with van der Waals surface area (Å²) in [5.74, 6) is 14.6. The fourth-order valence-corrected chi connectivity index (χ4v) is 2.26. The Kier molecular flexibility index (Phi) is 7.04. The minimum atomic E-state index is 0.662. The SMILES string of the molecule is COc1cccc(OC)c1C#C/C=C\C#Cc1c(OC)cccc1OC. The van der Waals surface area contributed by atoms with Crippen LogP contribution in [0.5, 0.6) is 23.0 Å². The van der Waals surface area contributed by atoms with Crippen LogP contribution in [0.15, 0.2) is 48.6 Å². The van der Waals surface area contributed by atoms with Crippen LogP contribution in [0.4, 0.5) is 0 Å². The van der Waals surface area contributed by atoms with Crippen molar-refractivity contribution in [2.75, 3.05) is 28.4 Å². The molecule has 0 atom stereocenters. The first kappa shape index (κ1) is 18.8. The van der Waals surface area contributed by atoms with Crippen LogP contribution in [-0.2, 0) is 0 Å². The van der Waals surface area contributed by atoms with Crippen LogP contribution in [0.25, 0.3) is 0 Å². The third-order valence-electron chi connectivity index (χ3n) is 3.50. The highest BCUT2D eigenvalue weighted by atomic mass is 16.5. The molecule has 0 amide bonds. The van der Waals surface area contributed by atoms with Gasteiger partial charge in [0, 0.05) is 0 Å². The van der Waals surface area contributed by atoms with Gasteiger partial charge < -0.3 is 18.9 Å². The van der Waals surface area contributed by atoms with Crippen LogP contribution in [0.3, 0.4) is 0 Å². The maximum Gasteiger partial charge on any atom is 0.138 e. The minimum absolute atomic E-state index is 0.662. The maximum atomic E-state index is 5.31.